The van der Waals surface area contributed by atoms with Crippen LogP contribution in [0, 0.1) is 0 Å². The third kappa shape index (κ3) is 3.64. The smallest absolute Gasteiger partial charge is 0.224 e. The van der Waals surface area contributed by atoms with Crippen molar-refractivity contribution in [3.63, 3.8) is 0 Å². The van der Waals surface area contributed by atoms with E-state index in [0.717, 1.165) is 27.8 Å². The second-order valence-electron chi connectivity index (χ2n) is 6.09. The molecule has 0 saturated heterocycles. The van der Waals surface area contributed by atoms with Gasteiger partial charge in [0.15, 0.2) is 11.7 Å². The van der Waals surface area contributed by atoms with E-state index in [1.54, 1.807) is 6.20 Å². The number of oxazole rings is 1. The Kier molecular flexibility index (Phi) is 4.48. The van der Waals surface area contributed by atoms with Crippen LogP contribution in [0.1, 0.15) is 12.3 Å². The Morgan fingerprint density at radius 2 is 1.69 bits per heavy atom. The van der Waals surface area contributed by atoms with Gasteiger partial charge >= 0.3 is 0 Å². The number of benzene rings is 3. The number of carbonyl (C=O) groups excluding carboxylic acids is 1. The molecule has 0 radical (unpaired) electrons. The molecule has 4 nitrogen and oxygen atoms in total. The van der Waals surface area contributed by atoms with E-state index in [-0.39, 0.29) is 5.91 Å². The molecule has 0 unspecified atom stereocenters. The first kappa shape index (κ1) is 16.1. The zero-order valence-electron chi connectivity index (χ0n) is 14.2. The van der Waals surface area contributed by atoms with Gasteiger partial charge in [-0.15, -0.1) is 0 Å². The second-order valence-corrected chi connectivity index (χ2v) is 6.09. The SMILES string of the molecule is O=C(CCc1ncc(-c2ccccc2)o1)Nc1ccc2ccccc2c1. The van der Waals surface area contributed by atoms with Crippen molar-refractivity contribution in [3.8, 4) is 11.3 Å². The summed E-state index contributed by atoms with van der Waals surface area (Å²) >= 11 is 0. The lowest BCUT2D eigenvalue weighted by Crippen LogP contribution is -2.12. The van der Waals surface area contributed by atoms with Gasteiger partial charge < -0.3 is 9.73 Å². The lowest BCUT2D eigenvalue weighted by Gasteiger charge is -2.06. The van der Waals surface area contributed by atoms with E-state index in [0.29, 0.717) is 18.7 Å². The molecule has 0 saturated carbocycles. The van der Waals surface area contributed by atoms with E-state index in [1.165, 1.54) is 0 Å². The number of nitrogens with zero attached hydrogens (tertiary/aromatic N) is 1. The zero-order chi connectivity index (χ0) is 17.8. The normalized spacial score (nSPS) is 10.8. The average molecular weight is 342 g/mol. The number of hydrogen-bond acceptors (Lipinski definition) is 3. The number of nitrogens with one attached hydrogen (secondary N) is 1. The highest BCUT2D eigenvalue weighted by Crippen LogP contribution is 2.21. The Labute approximate surface area is 151 Å². The van der Waals surface area contributed by atoms with E-state index in [1.807, 2.05) is 72.8 Å². The van der Waals surface area contributed by atoms with E-state index in [2.05, 4.69) is 10.3 Å². The van der Waals surface area contributed by atoms with Crippen molar-refractivity contribution in [1.82, 2.24) is 4.98 Å². The quantitative estimate of drug-likeness (QED) is 0.551. The van der Waals surface area contributed by atoms with Crippen molar-refractivity contribution >= 4 is 22.4 Å². The fourth-order valence-electron chi connectivity index (χ4n) is 2.87. The van der Waals surface area contributed by atoms with Crippen LogP contribution < -0.4 is 5.32 Å². The van der Waals surface area contributed by atoms with E-state index < -0.39 is 0 Å². The van der Waals surface area contributed by atoms with Crippen LogP contribution in [-0.4, -0.2) is 10.9 Å². The minimum atomic E-state index is -0.0558. The molecule has 0 bridgehead atoms. The molecule has 4 rings (SSSR count). The topological polar surface area (TPSA) is 55.1 Å². The monoisotopic (exact) mass is 342 g/mol. The maximum atomic E-state index is 12.2. The van der Waals surface area contributed by atoms with Gasteiger partial charge in [0.05, 0.1) is 6.20 Å². The number of anilines is 1. The molecule has 4 heteroatoms. The van der Waals surface area contributed by atoms with Crippen molar-refractivity contribution in [3.05, 3.63) is 84.9 Å². The molecule has 0 spiro atoms. The van der Waals surface area contributed by atoms with Crippen LogP contribution in [-0.2, 0) is 11.2 Å². The van der Waals surface area contributed by atoms with Crippen LogP contribution in [0.4, 0.5) is 5.69 Å². The molecule has 0 aliphatic heterocycles. The Bertz CT molecular complexity index is 1040. The Hall–Kier alpha value is -3.40. The van der Waals surface area contributed by atoms with Crippen molar-refractivity contribution < 1.29 is 9.21 Å². The number of rotatable bonds is 5. The van der Waals surface area contributed by atoms with Crippen LogP contribution in [0.15, 0.2) is 83.4 Å². The van der Waals surface area contributed by atoms with Crippen LogP contribution in [0.5, 0.6) is 0 Å². The fraction of sp³-hybridized carbons (Fsp3) is 0.0909. The van der Waals surface area contributed by atoms with Gasteiger partial charge in [0.25, 0.3) is 0 Å². The highest BCUT2D eigenvalue weighted by Gasteiger charge is 2.09. The zero-order valence-corrected chi connectivity index (χ0v) is 14.2. The van der Waals surface area contributed by atoms with Gasteiger partial charge in [-0.05, 0) is 22.9 Å². The summed E-state index contributed by atoms with van der Waals surface area (Å²) in [6.45, 7) is 0. The van der Waals surface area contributed by atoms with Gasteiger partial charge in [0.2, 0.25) is 5.91 Å². The maximum absolute atomic E-state index is 12.2. The summed E-state index contributed by atoms with van der Waals surface area (Å²) in [6.07, 6.45) is 2.49. The number of aromatic nitrogens is 1. The summed E-state index contributed by atoms with van der Waals surface area (Å²) in [5.41, 5.74) is 1.78. The summed E-state index contributed by atoms with van der Waals surface area (Å²) in [7, 11) is 0. The summed E-state index contributed by atoms with van der Waals surface area (Å²) in [5, 5.41) is 5.19. The molecule has 1 aromatic heterocycles. The molecule has 26 heavy (non-hydrogen) atoms. The second kappa shape index (κ2) is 7.23. The highest BCUT2D eigenvalue weighted by atomic mass is 16.4. The number of carbonyl (C=O) groups is 1. The molecule has 1 amide bonds. The molecular formula is C22H18N2O2. The predicted molar refractivity (Wildman–Crippen MR) is 103 cm³/mol. The van der Waals surface area contributed by atoms with Crippen LogP contribution in [0.3, 0.4) is 0 Å². The molecule has 0 aliphatic carbocycles. The number of hydrogen-bond donors (Lipinski definition) is 1. The molecule has 1 N–H and O–H groups in total. The largest absolute Gasteiger partial charge is 0.441 e. The van der Waals surface area contributed by atoms with E-state index in [9.17, 15) is 4.79 Å². The van der Waals surface area contributed by atoms with Gasteiger partial charge in [-0.2, -0.15) is 0 Å². The standard InChI is InChI=1S/C22H18N2O2/c25-21(24-19-11-10-16-6-4-5-9-18(16)14-19)12-13-22-23-15-20(26-22)17-7-2-1-3-8-17/h1-11,14-15H,12-13H2,(H,24,25). The first-order chi connectivity index (χ1) is 12.8. The molecule has 1 heterocycles. The first-order valence-electron chi connectivity index (χ1n) is 8.57. The third-order valence-corrected chi connectivity index (χ3v) is 4.21. The van der Waals surface area contributed by atoms with Crippen LogP contribution in [0.2, 0.25) is 0 Å². The maximum Gasteiger partial charge on any atom is 0.224 e. The lowest BCUT2D eigenvalue weighted by molar-refractivity contribution is -0.116. The van der Waals surface area contributed by atoms with Gasteiger partial charge in [0, 0.05) is 24.1 Å². The van der Waals surface area contributed by atoms with Gasteiger partial charge in [0.1, 0.15) is 0 Å². The Morgan fingerprint density at radius 1 is 0.923 bits per heavy atom. The molecule has 4 aromatic rings. The minimum Gasteiger partial charge on any atom is -0.441 e. The average Bonchev–Trinajstić information content (AvgIpc) is 3.16. The van der Waals surface area contributed by atoms with Crippen molar-refractivity contribution in [2.45, 2.75) is 12.8 Å². The number of fused-ring (bicyclic) bond motifs is 1. The van der Waals surface area contributed by atoms with Gasteiger partial charge in [-0.1, -0.05) is 60.7 Å². The molecule has 128 valence electrons. The Morgan fingerprint density at radius 3 is 2.54 bits per heavy atom. The van der Waals surface area contributed by atoms with E-state index in [4.69, 9.17) is 4.42 Å². The fourth-order valence-corrected chi connectivity index (χ4v) is 2.87. The predicted octanol–water partition coefficient (Wildman–Crippen LogP) is 5.07. The molecule has 0 fully saturated rings. The van der Waals surface area contributed by atoms with Gasteiger partial charge in [-0.25, -0.2) is 4.98 Å². The molecule has 0 aliphatic rings. The molecule has 3 aromatic carbocycles. The third-order valence-electron chi connectivity index (χ3n) is 4.21. The lowest BCUT2D eigenvalue weighted by atomic mass is 10.1. The summed E-state index contributed by atoms with van der Waals surface area (Å²) in [6, 6.07) is 23.8. The summed E-state index contributed by atoms with van der Waals surface area (Å²) < 4.78 is 5.74. The molecular weight excluding hydrogens is 324 g/mol. The highest BCUT2D eigenvalue weighted by molar-refractivity contribution is 5.94. The van der Waals surface area contributed by atoms with Crippen molar-refractivity contribution in [1.29, 1.82) is 0 Å². The van der Waals surface area contributed by atoms with Crippen LogP contribution >= 0.6 is 0 Å². The first-order valence-corrected chi connectivity index (χ1v) is 8.57. The van der Waals surface area contributed by atoms with Crippen molar-refractivity contribution in [2.24, 2.45) is 0 Å². The summed E-state index contributed by atoms with van der Waals surface area (Å²) in [4.78, 5) is 16.5. The van der Waals surface area contributed by atoms with E-state index >= 15 is 0 Å². The number of aryl methyl sites for hydroxylation is 1. The Balaban J connectivity index is 1.37. The van der Waals surface area contributed by atoms with Crippen LogP contribution in [0.25, 0.3) is 22.1 Å². The molecule has 0 atom stereocenters. The minimum absolute atomic E-state index is 0.0558. The summed E-state index contributed by atoms with van der Waals surface area (Å²) in [5.74, 6) is 1.23. The van der Waals surface area contributed by atoms with Gasteiger partial charge in [-0.3, -0.25) is 4.79 Å². The van der Waals surface area contributed by atoms with Crippen molar-refractivity contribution in [2.75, 3.05) is 5.32 Å². The number of amides is 1.